The highest BCUT2D eigenvalue weighted by molar-refractivity contribution is 5.89. The molecule has 12 heavy (non-hydrogen) atoms. The van der Waals surface area contributed by atoms with Crippen molar-refractivity contribution in [3.8, 4) is 0 Å². The summed E-state index contributed by atoms with van der Waals surface area (Å²) < 4.78 is 5.04. The van der Waals surface area contributed by atoms with Crippen LogP contribution in [0.25, 0.3) is 0 Å². The van der Waals surface area contributed by atoms with Crippen molar-refractivity contribution in [2.24, 2.45) is 0 Å². The molecule has 0 aromatic carbocycles. The van der Waals surface area contributed by atoms with E-state index in [9.17, 15) is 4.79 Å². The molecule has 0 aromatic rings. The van der Waals surface area contributed by atoms with Gasteiger partial charge in [0.2, 0.25) is 0 Å². The van der Waals surface area contributed by atoms with Crippen molar-refractivity contribution in [3.05, 3.63) is 18.6 Å². The average molecular weight is 169 g/mol. The maximum absolute atomic E-state index is 11.1. The molecule has 1 radical (unpaired) electrons. The Morgan fingerprint density at radius 2 is 2.17 bits per heavy atom. The molecule has 1 unspecified atom stereocenters. The van der Waals surface area contributed by atoms with Gasteiger partial charge in [0.05, 0.1) is 6.10 Å². The van der Waals surface area contributed by atoms with Gasteiger partial charge in [-0.2, -0.15) is 0 Å². The maximum Gasteiger partial charge on any atom is 0.333 e. The zero-order valence-electron chi connectivity index (χ0n) is 8.09. The first kappa shape index (κ1) is 11.2. The lowest BCUT2D eigenvalue weighted by atomic mass is 10.2. The Kier molecular flexibility index (Phi) is 5.43. The lowest BCUT2D eigenvalue weighted by molar-refractivity contribution is -0.143. The molecule has 2 nitrogen and oxygen atoms in total. The molecular formula is C10H17O2. The summed E-state index contributed by atoms with van der Waals surface area (Å²) in [5, 5.41) is 0. The van der Waals surface area contributed by atoms with Crippen molar-refractivity contribution in [2.75, 3.05) is 0 Å². The lowest BCUT2D eigenvalue weighted by Crippen LogP contribution is -2.14. The van der Waals surface area contributed by atoms with Gasteiger partial charge >= 0.3 is 5.97 Å². The molecule has 2 heteroatoms. The second-order valence-corrected chi connectivity index (χ2v) is 2.76. The van der Waals surface area contributed by atoms with Crippen molar-refractivity contribution in [1.82, 2.24) is 0 Å². The molecule has 0 aliphatic carbocycles. The molecule has 0 aromatic heterocycles. The predicted molar refractivity (Wildman–Crippen MR) is 49.6 cm³/mol. The third kappa shape index (κ3) is 4.16. The van der Waals surface area contributed by atoms with Crippen LogP contribution >= 0.6 is 0 Å². The van der Waals surface area contributed by atoms with Crippen LogP contribution in [0.2, 0.25) is 0 Å². The Morgan fingerprint density at radius 3 is 2.58 bits per heavy atom. The van der Waals surface area contributed by atoms with E-state index in [1.807, 2.05) is 20.8 Å². The van der Waals surface area contributed by atoms with Gasteiger partial charge in [0.1, 0.15) is 0 Å². The van der Waals surface area contributed by atoms with Gasteiger partial charge in [0, 0.05) is 5.57 Å². The summed E-state index contributed by atoms with van der Waals surface area (Å²) in [6.07, 6.45) is 3.41. The van der Waals surface area contributed by atoms with Crippen molar-refractivity contribution in [2.45, 2.75) is 39.7 Å². The van der Waals surface area contributed by atoms with Gasteiger partial charge in [-0.3, -0.25) is 0 Å². The van der Waals surface area contributed by atoms with Gasteiger partial charge in [0.15, 0.2) is 0 Å². The minimum Gasteiger partial charge on any atom is -0.459 e. The van der Waals surface area contributed by atoms with Gasteiger partial charge in [-0.05, 0) is 26.7 Å². The quantitative estimate of drug-likeness (QED) is 0.477. The van der Waals surface area contributed by atoms with Crippen molar-refractivity contribution < 1.29 is 9.53 Å². The maximum atomic E-state index is 11.1. The Hall–Kier alpha value is -0.790. The van der Waals surface area contributed by atoms with E-state index in [0.717, 1.165) is 12.8 Å². The van der Waals surface area contributed by atoms with E-state index in [1.165, 1.54) is 0 Å². The van der Waals surface area contributed by atoms with Crippen LogP contribution in [-0.4, -0.2) is 12.1 Å². The van der Waals surface area contributed by atoms with Crippen molar-refractivity contribution >= 4 is 5.97 Å². The Labute approximate surface area is 74.6 Å². The summed E-state index contributed by atoms with van der Waals surface area (Å²) in [4.78, 5) is 11.1. The van der Waals surface area contributed by atoms with Gasteiger partial charge < -0.3 is 4.74 Å². The number of ether oxygens (including phenoxy) is 1. The first-order valence-corrected chi connectivity index (χ1v) is 4.34. The minimum absolute atomic E-state index is 0.0143. The second-order valence-electron chi connectivity index (χ2n) is 2.76. The number of allylic oxidation sites excluding steroid dienone is 1. The molecule has 1 atom stereocenters. The number of carbonyl (C=O) groups is 1. The van der Waals surface area contributed by atoms with E-state index < -0.39 is 0 Å². The van der Waals surface area contributed by atoms with Crippen molar-refractivity contribution in [1.29, 1.82) is 0 Å². The average Bonchev–Trinajstić information content (AvgIpc) is 2.04. The molecule has 69 valence electrons. The lowest BCUT2D eigenvalue weighted by Gasteiger charge is -2.10. The van der Waals surface area contributed by atoms with Gasteiger partial charge in [-0.25, -0.2) is 4.79 Å². The molecule has 0 amide bonds. The molecule has 0 N–H and O–H groups in total. The van der Waals surface area contributed by atoms with E-state index >= 15 is 0 Å². The van der Waals surface area contributed by atoms with Crippen LogP contribution in [0.15, 0.2) is 11.6 Å². The smallest absolute Gasteiger partial charge is 0.333 e. The van der Waals surface area contributed by atoms with E-state index in [-0.39, 0.29) is 12.1 Å². The summed E-state index contributed by atoms with van der Waals surface area (Å²) in [7, 11) is 0. The molecule has 0 aliphatic heterocycles. The number of hydrogen-bond donors (Lipinski definition) is 0. The molecule has 0 fully saturated rings. The largest absolute Gasteiger partial charge is 0.459 e. The van der Waals surface area contributed by atoms with Gasteiger partial charge in [-0.1, -0.05) is 19.9 Å². The van der Waals surface area contributed by atoms with Crippen LogP contribution in [0, 0.1) is 6.92 Å². The Morgan fingerprint density at radius 1 is 1.58 bits per heavy atom. The van der Waals surface area contributed by atoms with Crippen LogP contribution in [0.5, 0.6) is 0 Å². The first-order chi connectivity index (χ1) is 5.61. The zero-order valence-corrected chi connectivity index (χ0v) is 8.09. The number of carbonyl (C=O) groups excluding carboxylic acids is 1. The highest BCUT2D eigenvalue weighted by Crippen LogP contribution is 2.03. The first-order valence-electron chi connectivity index (χ1n) is 4.34. The minimum atomic E-state index is -0.300. The summed E-state index contributed by atoms with van der Waals surface area (Å²) in [5.41, 5.74) is 0.456. The molecule has 0 rings (SSSR count). The fraction of sp³-hybridized carbons (Fsp3) is 0.600. The van der Waals surface area contributed by atoms with E-state index in [2.05, 4.69) is 6.92 Å². The SMILES string of the molecule is [CH2]C(=CCC)C(=O)OC(C)CC. The number of rotatable bonds is 4. The second kappa shape index (κ2) is 5.81. The predicted octanol–water partition coefficient (Wildman–Crippen LogP) is 2.50. The van der Waals surface area contributed by atoms with E-state index in [4.69, 9.17) is 4.74 Å². The Bertz CT molecular complexity index is 171. The van der Waals surface area contributed by atoms with Crippen LogP contribution < -0.4 is 0 Å². The monoisotopic (exact) mass is 169 g/mol. The summed E-state index contributed by atoms with van der Waals surface area (Å²) >= 11 is 0. The van der Waals surface area contributed by atoms with Gasteiger partial charge in [-0.15, -0.1) is 0 Å². The van der Waals surface area contributed by atoms with Crippen molar-refractivity contribution in [3.63, 3.8) is 0 Å². The fourth-order valence-electron chi connectivity index (χ4n) is 0.671. The fourth-order valence-corrected chi connectivity index (χ4v) is 0.671. The van der Waals surface area contributed by atoms with E-state index in [1.54, 1.807) is 6.08 Å². The summed E-state index contributed by atoms with van der Waals surface area (Å²) in [5.74, 6) is -0.300. The van der Waals surface area contributed by atoms with Crippen LogP contribution in [0.1, 0.15) is 33.6 Å². The molecule has 0 saturated carbocycles. The normalized spacial score (nSPS) is 14.2. The highest BCUT2D eigenvalue weighted by Gasteiger charge is 2.08. The number of hydrogen-bond acceptors (Lipinski definition) is 2. The molecule has 0 spiro atoms. The molecule has 0 aliphatic rings. The zero-order chi connectivity index (χ0) is 9.56. The molecular weight excluding hydrogens is 152 g/mol. The molecule has 0 saturated heterocycles. The van der Waals surface area contributed by atoms with Crippen LogP contribution in [0.4, 0.5) is 0 Å². The van der Waals surface area contributed by atoms with Gasteiger partial charge in [0.25, 0.3) is 0 Å². The third-order valence-electron chi connectivity index (χ3n) is 1.60. The van der Waals surface area contributed by atoms with Crippen LogP contribution in [-0.2, 0) is 9.53 Å². The third-order valence-corrected chi connectivity index (χ3v) is 1.60. The molecule has 0 bridgehead atoms. The van der Waals surface area contributed by atoms with Crippen LogP contribution in [0.3, 0.4) is 0 Å². The number of esters is 1. The summed E-state index contributed by atoms with van der Waals surface area (Å²) in [6, 6.07) is 0. The highest BCUT2D eigenvalue weighted by atomic mass is 16.5. The van der Waals surface area contributed by atoms with E-state index in [0.29, 0.717) is 5.57 Å². The summed E-state index contributed by atoms with van der Waals surface area (Å²) in [6.45, 7) is 9.41. The Balaban J connectivity index is 3.95. The standard InChI is InChI=1S/C10H17O2/c1-5-7-8(3)10(11)12-9(4)6-2/h7,9H,3,5-6H2,1-2,4H3. The molecule has 0 heterocycles. The topological polar surface area (TPSA) is 26.3 Å².